The molecule has 0 fully saturated rings. The molecule has 1 amide bonds. The number of carbonyl (C=O) groups is 1. The zero-order valence-corrected chi connectivity index (χ0v) is 10.4. The molecule has 2 rings (SSSR count). The zero-order chi connectivity index (χ0) is 14.5. The van der Waals surface area contributed by atoms with Gasteiger partial charge in [-0.1, -0.05) is 18.2 Å². The summed E-state index contributed by atoms with van der Waals surface area (Å²) in [6.45, 7) is 0. The smallest absolute Gasteiger partial charge is 0.228 e. The monoisotopic (exact) mass is 272 g/mol. The molecular weight excluding hydrogens is 262 g/mol. The lowest BCUT2D eigenvalue weighted by Crippen LogP contribution is -2.15. The highest BCUT2D eigenvalue weighted by Crippen LogP contribution is 2.18. The lowest BCUT2D eigenvalue weighted by atomic mass is 10.1. The molecule has 0 saturated heterocycles. The Morgan fingerprint density at radius 1 is 1.20 bits per heavy atom. The Labute approximate surface area is 114 Å². The molecule has 0 aliphatic rings. The summed E-state index contributed by atoms with van der Waals surface area (Å²) in [7, 11) is 0. The second kappa shape index (κ2) is 5.93. The van der Waals surface area contributed by atoms with Gasteiger partial charge in [0.2, 0.25) is 5.91 Å². The van der Waals surface area contributed by atoms with Crippen LogP contribution in [-0.2, 0) is 11.2 Å². The molecule has 0 saturated carbocycles. The average molecular weight is 272 g/mol. The maximum Gasteiger partial charge on any atom is 0.228 e. The van der Waals surface area contributed by atoms with Crippen molar-refractivity contribution in [1.29, 1.82) is 5.26 Å². The van der Waals surface area contributed by atoms with Crippen molar-refractivity contribution < 1.29 is 13.6 Å². The third kappa shape index (κ3) is 3.18. The molecule has 0 radical (unpaired) electrons. The molecule has 2 aromatic rings. The Morgan fingerprint density at radius 2 is 1.95 bits per heavy atom. The molecule has 5 heteroatoms. The number of benzene rings is 2. The van der Waals surface area contributed by atoms with Gasteiger partial charge in [-0.3, -0.25) is 4.79 Å². The lowest BCUT2D eigenvalue weighted by Gasteiger charge is -2.07. The van der Waals surface area contributed by atoms with Gasteiger partial charge in [-0.2, -0.15) is 5.26 Å². The Kier molecular flexibility index (Phi) is 4.06. The number of nitrogens with one attached hydrogen (secondary N) is 1. The van der Waals surface area contributed by atoms with E-state index in [0.29, 0.717) is 5.56 Å². The van der Waals surface area contributed by atoms with E-state index >= 15 is 0 Å². The summed E-state index contributed by atoms with van der Waals surface area (Å²) in [5.74, 6) is -1.58. The van der Waals surface area contributed by atoms with E-state index in [4.69, 9.17) is 5.26 Å². The quantitative estimate of drug-likeness (QED) is 0.933. The number of halogens is 2. The van der Waals surface area contributed by atoms with Crippen LogP contribution in [-0.4, -0.2) is 5.91 Å². The molecule has 0 aliphatic heterocycles. The average Bonchev–Trinajstić information content (AvgIpc) is 2.38. The van der Waals surface area contributed by atoms with Gasteiger partial charge >= 0.3 is 0 Å². The van der Waals surface area contributed by atoms with Gasteiger partial charge in [0.05, 0.1) is 12.1 Å². The number of carbonyl (C=O) groups excluding carboxylic acids is 1. The van der Waals surface area contributed by atoms with Gasteiger partial charge in [0.15, 0.2) is 0 Å². The van der Waals surface area contributed by atoms with E-state index in [-0.39, 0.29) is 17.7 Å². The minimum atomic E-state index is -0.698. The molecule has 0 aromatic heterocycles. The second-order valence-electron chi connectivity index (χ2n) is 4.13. The molecule has 2 aromatic carbocycles. The predicted octanol–water partition coefficient (Wildman–Crippen LogP) is 3.02. The van der Waals surface area contributed by atoms with Crippen LogP contribution >= 0.6 is 0 Å². The van der Waals surface area contributed by atoms with Crippen molar-refractivity contribution in [1.82, 2.24) is 0 Å². The maximum atomic E-state index is 13.4. The van der Waals surface area contributed by atoms with Gasteiger partial charge < -0.3 is 5.32 Å². The van der Waals surface area contributed by atoms with Crippen molar-refractivity contribution in [3.05, 3.63) is 65.2 Å². The number of hydrogen-bond acceptors (Lipinski definition) is 2. The molecule has 0 aliphatic carbocycles. The third-order valence-corrected chi connectivity index (χ3v) is 2.65. The van der Waals surface area contributed by atoms with Crippen LogP contribution in [0, 0.1) is 23.0 Å². The first kappa shape index (κ1) is 13.7. The van der Waals surface area contributed by atoms with Crippen molar-refractivity contribution in [2.45, 2.75) is 6.42 Å². The van der Waals surface area contributed by atoms with E-state index in [1.807, 2.05) is 0 Å². The zero-order valence-electron chi connectivity index (χ0n) is 10.4. The number of nitriles is 1. The van der Waals surface area contributed by atoms with Gasteiger partial charge in [0, 0.05) is 0 Å². The van der Waals surface area contributed by atoms with E-state index in [1.54, 1.807) is 12.1 Å². The molecular formula is C15H10F2N2O. The minimum absolute atomic E-state index is 0.0564. The Balaban J connectivity index is 2.13. The van der Waals surface area contributed by atoms with Crippen molar-refractivity contribution in [3.8, 4) is 6.07 Å². The van der Waals surface area contributed by atoms with Crippen LogP contribution in [0.3, 0.4) is 0 Å². The minimum Gasteiger partial charge on any atom is -0.325 e. The van der Waals surface area contributed by atoms with Gasteiger partial charge in [-0.25, -0.2) is 8.78 Å². The number of anilines is 1. The van der Waals surface area contributed by atoms with Gasteiger partial charge in [-0.05, 0) is 29.8 Å². The first-order valence-corrected chi connectivity index (χ1v) is 5.83. The van der Waals surface area contributed by atoms with Crippen molar-refractivity contribution in [3.63, 3.8) is 0 Å². The van der Waals surface area contributed by atoms with E-state index < -0.39 is 17.5 Å². The number of rotatable bonds is 3. The van der Waals surface area contributed by atoms with Gasteiger partial charge in [0.1, 0.15) is 23.3 Å². The summed E-state index contributed by atoms with van der Waals surface area (Å²) in [6, 6.07) is 11.3. The van der Waals surface area contributed by atoms with Crippen LogP contribution in [0.25, 0.3) is 0 Å². The van der Waals surface area contributed by atoms with Gasteiger partial charge in [-0.15, -0.1) is 0 Å². The molecule has 0 atom stereocenters. The van der Waals surface area contributed by atoms with Crippen LogP contribution in [0.2, 0.25) is 0 Å². The van der Waals surface area contributed by atoms with Crippen molar-refractivity contribution >= 4 is 11.6 Å². The largest absolute Gasteiger partial charge is 0.325 e. The molecule has 3 nitrogen and oxygen atoms in total. The summed E-state index contributed by atoms with van der Waals surface area (Å²) in [4.78, 5) is 11.8. The fourth-order valence-corrected chi connectivity index (χ4v) is 1.77. The van der Waals surface area contributed by atoms with Crippen LogP contribution in [0.5, 0.6) is 0 Å². The first-order valence-electron chi connectivity index (χ1n) is 5.83. The van der Waals surface area contributed by atoms with Crippen LogP contribution < -0.4 is 5.32 Å². The summed E-state index contributed by atoms with van der Waals surface area (Å²) >= 11 is 0. The molecule has 0 heterocycles. The first-order chi connectivity index (χ1) is 9.60. The second-order valence-corrected chi connectivity index (χ2v) is 4.13. The molecule has 20 heavy (non-hydrogen) atoms. The molecule has 0 unspecified atom stereocenters. The molecule has 0 bridgehead atoms. The van der Waals surface area contributed by atoms with Crippen LogP contribution in [0.15, 0.2) is 42.5 Å². The summed E-state index contributed by atoms with van der Waals surface area (Å²) in [5, 5.41) is 11.3. The lowest BCUT2D eigenvalue weighted by molar-refractivity contribution is -0.115. The molecule has 1 N–H and O–H groups in total. The molecule has 0 spiro atoms. The maximum absolute atomic E-state index is 13.4. The number of hydrogen-bond donors (Lipinski definition) is 1. The third-order valence-electron chi connectivity index (χ3n) is 2.65. The Hall–Kier alpha value is -2.74. The highest BCUT2D eigenvalue weighted by Gasteiger charge is 2.11. The normalized spacial score (nSPS) is 9.85. The molecule has 100 valence electrons. The van der Waals surface area contributed by atoms with E-state index in [1.165, 1.54) is 30.3 Å². The van der Waals surface area contributed by atoms with E-state index in [2.05, 4.69) is 5.32 Å². The van der Waals surface area contributed by atoms with Crippen molar-refractivity contribution in [2.75, 3.05) is 5.32 Å². The van der Waals surface area contributed by atoms with E-state index in [9.17, 15) is 13.6 Å². The van der Waals surface area contributed by atoms with E-state index in [0.717, 1.165) is 6.07 Å². The number of nitrogens with zero attached hydrogens (tertiary/aromatic N) is 1. The van der Waals surface area contributed by atoms with Gasteiger partial charge in [0.25, 0.3) is 0 Å². The van der Waals surface area contributed by atoms with Crippen LogP contribution in [0.4, 0.5) is 14.5 Å². The Bertz CT molecular complexity index is 693. The topological polar surface area (TPSA) is 52.9 Å². The van der Waals surface area contributed by atoms with Crippen LogP contribution in [0.1, 0.15) is 11.1 Å². The summed E-state index contributed by atoms with van der Waals surface area (Å²) in [6.07, 6.45) is -0.0564. The van der Waals surface area contributed by atoms with Crippen molar-refractivity contribution in [2.24, 2.45) is 0 Å². The predicted molar refractivity (Wildman–Crippen MR) is 69.8 cm³/mol. The standard InChI is InChI=1S/C15H10F2N2O/c16-11-4-1-3-10(7-11)8-15(20)19-14-6-2-5-13(17)12(14)9-18/h1-7H,8H2,(H,19,20). The highest BCUT2D eigenvalue weighted by molar-refractivity contribution is 5.93. The Morgan fingerprint density at radius 3 is 2.65 bits per heavy atom. The highest BCUT2D eigenvalue weighted by atomic mass is 19.1. The summed E-state index contributed by atoms with van der Waals surface area (Å²) in [5.41, 5.74) is 0.381. The fraction of sp³-hybridized carbons (Fsp3) is 0.0667. The number of amides is 1. The fourth-order valence-electron chi connectivity index (χ4n) is 1.77. The summed E-state index contributed by atoms with van der Waals surface area (Å²) < 4.78 is 26.3. The SMILES string of the molecule is N#Cc1c(F)cccc1NC(=O)Cc1cccc(F)c1.